The number of hydrogen-bond acceptors (Lipinski definition) is 2. The lowest BCUT2D eigenvalue weighted by atomic mass is 10.0. The van der Waals surface area contributed by atoms with E-state index in [4.69, 9.17) is 4.74 Å². The second-order valence-electron chi connectivity index (χ2n) is 4.35. The molecular weight excluding hydrogens is 266 g/mol. The standard InChI is InChI=1S/C13H18BrNO/c14-13-5-3-11(4-6-13)9-16-10-12-2-1-7-15-8-12/h3-6,12,15H,1-2,7-10H2/t12-/m1/s1. The molecular formula is C13H18BrNO. The molecule has 1 aliphatic rings. The van der Waals surface area contributed by atoms with Crippen molar-refractivity contribution in [2.75, 3.05) is 19.7 Å². The van der Waals surface area contributed by atoms with E-state index in [2.05, 4.69) is 45.5 Å². The van der Waals surface area contributed by atoms with Gasteiger partial charge in [-0.1, -0.05) is 28.1 Å². The number of halogens is 1. The molecule has 1 atom stereocenters. The molecule has 1 saturated heterocycles. The van der Waals surface area contributed by atoms with Gasteiger partial charge >= 0.3 is 0 Å². The van der Waals surface area contributed by atoms with Crippen LogP contribution in [0.2, 0.25) is 0 Å². The zero-order valence-corrected chi connectivity index (χ0v) is 11.0. The number of hydrogen-bond donors (Lipinski definition) is 1. The van der Waals surface area contributed by atoms with Gasteiger partial charge in [0.25, 0.3) is 0 Å². The first-order valence-electron chi connectivity index (χ1n) is 5.87. The summed E-state index contributed by atoms with van der Waals surface area (Å²) in [5.41, 5.74) is 1.24. The number of rotatable bonds is 4. The molecule has 1 aliphatic heterocycles. The van der Waals surface area contributed by atoms with Crippen LogP contribution in [-0.2, 0) is 11.3 Å². The molecule has 0 saturated carbocycles. The Morgan fingerprint density at radius 1 is 1.31 bits per heavy atom. The SMILES string of the molecule is Brc1ccc(COC[C@@H]2CCCNC2)cc1. The fourth-order valence-electron chi connectivity index (χ4n) is 1.99. The molecule has 0 aromatic heterocycles. The van der Waals surface area contributed by atoms with Crippen LogP contribution in [0.4, 0.5) is 0 Å². The van der Waals surface area contributed by atoms with E-state index in [1.807, 2.05) is 0 Å². The monoisotopic (exact) mass is 283 g/mol. The second kappa shape index (κ2) is 6.38. The quantitative estimate of drug-likeness (QED) is 0.917. The Morgan fingerprint density at radius 3 is 2.81 bits per heavy atom. The van der Waals surface area contributed by atoms with Crippen molar-refractivity contribution >= 4 is 15.9 Å². The molecule has 0 amide bonds. The smallest absolute Gasteiger partial charge is 0.0717 e. The van der Waals surface area contributed by atoms with Crippen LogP contribution >= 0.6 is 15.9 Å². The molecule has 0 spiro atoms. The van der Waals surface area contributed by atoms with Gasteiger partial charge in [0, 0.05) is 11.0 Å². The van der Waals surface area contributed by atoms with E-state index in [1.165, 1.54) is 24.9 Å². The summed E-state index contributed by atoms with van der Waals surface area (Å²) < 4.78 is 6.86. The molecule has 0 radical (unpaired) electrons. The lowest BCUT2D eigenvalue weighted by Crippen LogP contribution is -2.32. The minimum atomic E-state index is 0.698. The van der Waals surface area contributed by atoms with E-state index in [0.717, 1.165) is 24.2 Å². The normalized spacial score (nSPS) is 20.9. The van der Waals surface area contributed by atoms with Crippen molar-refractivity contribution in [1.29, 1.82) is 0 Å². The molecule has 1 aromatic rings. The highest BCUT2D eigenvalue weighted by Gasteiger charge is 2.12. The van der Waals surface area contributed by atoms with Gasteiger partial charge in [-0.15, -0.1) is 0 Å². The van der Waals surface area contributed by atoms with Crippen LogP contribution < -0.4 is 5.32 Å². The van der Waals surface area contributed by atoms with Crippen molar-refractivity contribution < 1.29 is 4.74 Å². The second-order valence-corrected chi connectivity index (χ2v) is 5.27. The average molecular weight is 284 g/mol. The van der Waals surface area contributed by atoms with Gasteiger partial charge in [-0.05, 0) is 43.0 Å². The molecule has 16 heavy (non-hydrogen) atoms. The van der Waals surface area contributed by atoms with Gasteiger partial charge in [-0.3, -0.25) is 0 Å². The van der Waals surface area contributed by atoms with Crippen LogP contribution in [-0.4, -0.2) is 19.7 Å². The summed E-state index contributed by atoms with van der Waals surface area (Å²) in [6.07, 6.45) is 2.58. The van der Waals surface area contributed by atoms with Crippen molar-refractivity contribution in [2.24, 2.45) is 5.92 Å². The Labute approximate surface area is 106 Å². The third-order valence-electron chi connectivity index (χ3n) is 2.93. The molecule has 0 unspecified atom stereocenters. The highest BCUT2D eigenvalue weighted by Crippen LogP contribution is 2.13. The van der Waals surface area contributed by atoms with Crippen LogP contribution in [0.15, 0.2) is 28.7 Å². The van der Waals surface area contributed by atoms with Crippen LogP contribution in [0.5, 0.6) is 0 Å². The molecule has 2 rings (SSSR count). The van der Waals surface area contributed by atoms with Gasteiger partial charge in [-0.25, -0.2) is 0 Å². The van der Waals surface area contributed by atoms with Crippen molar-refractivity contribution in [2.45, 2.75) is 19.4 Å². The van der Waals surface area contributed by atoms with Crippen LogP contribution in [0.3, 0.4) is 0 Å². The fraction of sp³-hybridized carbons (Fsp3) is 0.538. The third-order valence-corrected chi connectivity index (χ3v) is 3.46. The van der Waals surface area contributed by atoms with E-state index < -0.39 is 0 Å². The largest absolute Gasteiger partial charge is 0.376 e. The van der Waals surface area contributed by atoms with Gasteiger partial charge in [0.15, 0.2) is 0 Å². The number of nitrogens with one attached hydrogen (secondary N) is 1. The van der Waals surface area contributed by atoms with Crippen LogP contribution in [0.25, 0.3) is 0 Å². The summed E-state index contributed by atoms with van der Waals surface area (Å²) in [6.45, 7) is 3.89. The Bertz CT molecular complexity index is 306. The predicted molar refractivity (Wildman–Crippen MR) is 69.4 cm³/mol. The first-order chi connectivity index (χ1) is 7.84. The third kappa shape index (κ3) is 3.89. The van der Waals surface area contributed by atoms with Gasteiger partial charge in [0.05, 0.1) is 13.2 Å². The summed E-state index contributed by atoms with van der Waals surface area (Å²) in [6, 6.07) is 8.31. The van der Waals surface area contributed by atoms with Crippen molar-refractivity contribution in [3.63, 3.8) is 0 Å². The molecule has 1 heterocycles. The zero-order chi connectivity index (χ0) is 11.2. The molecule has 1 N–H and O–H groups in total. The van der Waals surface area contributed by atoms with Crippen molar-refractivity contribution in [3.05, 3.63) is 34.3 Å². The average Bonchev–Trinajstić information content (AvgIpc) is 2.33. The Kier molecular flexibility index (Phi) is 4.82. The Hall–Kier alpha value is -0.380. The van der Waals surface area contributed by atoms with Gasteiger partial charge in [-0.2, -0.15) is 0 Å². The van der Waals surface area contributed by atoms with E-state index >= 15 is 0 Å². The lowest BCUT2D eigenvalue weighted by molar-refractivity contribution is 0.0783. The molecule has 0 bridgehead atoms. The van der Waals surface area contributed by atoms with E-state index in [1.54, 1.807) is 0 Å². The summed E-state index contributed by atoms with van der Waals surface area (Å²) in [7, 11) is 0. The lowest BCUT2D eigenvalue weighted by Gasteiger charge is -2.22. The van der Waals surface area contributed by atoms with Crippen LogP contribution in [0, 0.1) is 5.92 Å². The number of piperidine rings is 1. The predicted octanol–water partition coefficient (Wildman–Crippen LogP) is 2.97. The maximum atomic E-state index is 5.74. The number of benzene rings is 1. The highest BCUT2D eigenvalue weighted by atomic mass is 79.9. The number of ether oxygens (including phenoxy) is 1. The summed E-state index contributed by atoms with van der Waals surface area (Å²) >= 11 is 3.43. The van der Waals surface area contributed by atoms with E-state index in [-0.39, 0.29) is 0 Å². The molecule has 1 fully saturated rings. The van der Waals surface area contributed by atoms with Gasteiger partial charge in [0.1, 0.15) is 0 Å². The Morgan fingerprint density at radius 2 is 2.12 bits per heavy atom. The van der Waals surface area contributed by atoms with Gasteiger partial charge < -0.3 is 10.1 Å². The maximum Gasteiger partial charge on any atom is 0.0717 e. The highest BCUT2D eigenvalue weighted by molar-refractivity contribution is 9.10. The molecule has 3 heteroatoms. The summed E-state index contributed by atoms with van der Waals surface area (Å²) in [5.74, 6) is 0.698. The molecule has 88 valence electrons. The molecule has 1 aromatic carbocycles. The minimum Gasteiger partial charge on any atom is -0.376 e. The zero-order valence-electron chi connectivity index (χ0n) is 9.42. The first kappa shape index (κ1) is 12.1. The summed E-state index contributed by atoms with van der Waals surface area (Å²) in [4.78, 5) is 0. The molecule has 0 aliphatic carbocycles. The Balaban J connectivity index is 1.69. The topological polar surface area (TPSA) is 21.3 Å². The van der Waals surface area contributed by atoms with Gasteiger partial charge in [0.2, 0.25) is 0 Å². The van der Waals surface area contributed by atoms with E-state index in [0.29, 0.717) is 5.92 Å². The van der Waals surface area contributed by atoms with E-state index in [9.17, 15) is 0 Å². The van der Waals surface area contributed by atoms with Crippen molar-refractivity contribution in [3.8, 4) is 0 Å². The fourth-order valence-corrected chi connectivity index (χ4v) is 2.25. The maximum absolute atomic E-state index is 5.74. The summed E-state index contributed by atoms with van der Waals surface area (Å²) in [5, 5.41) is 3.40. The first-order valence-corrected chi connectivity index (χ1v) is 6.67. The molecule has 2 nitrogen and oxygen atoms in total. The van der Waals surface area contributed by atoms with Crippen molar-refractivity contribution in [1.82, 2.24) is 5.32 Å². The minimum absolute atomic E-state index is 0.698. The van der Waals surface area contributed by atoms with Crippen LogP contribution in [0.1, 0.15) is 18.4 Å².